The van der Waals surface area contributed by atoms with Gasteiger partial charge in [-0.1, -0.05) is 30.3 Å². The molecule has 0 aliphatic heterocycles. The summed E-state index contributed by atoms with van der Waals surface area (Å²) in [5.74, 6) is 1.43. The van der Waals surface area contributed by atoms with Crippen LogP contribution in [-0.2, 0) is 0 Å². The van der Waals surface area contributed by atoms with E-state index in [9.17, 15) is 0 Å². The molecule has 0 radical (unpaired) electrons. The lowest BCUT2D eigenvalue weighted by Gasteiger charge is -2.12. The van der Waals surface area contributed by atoms with Gasteiger partial charge in [0.1, 0.15) is 0 Å². The zero-order valence-electron chi connectivity index (χ0n) is 12.4. The number of benzene rings is 1. The maximum atomic E-state index is 4.57. The molecule has 3 rings (SSSR count). The van der Waals surface area contributed by atoms with Gasteiger partial charge in [0.2, 0.25) is 5.95 Å². The van der Waals surface area contributed by atoms with Crippen LogP contribution in [0.5, 0.6) is 0 Å². The van der Waals surface area contributed by atoms with Crippen LogP contribution >= 0.6 is 0 Å². The first-order chi connectivity index (χ1) is 10.1. The van der Waals surface area contributed by atoms with Crippen LogP contribution in [0.25, 0.3) is 17.1 Å². The maximum absolute atomic E-state index is 4.57. The van der Waals surface area contributed by atoms with Gasteiger partial charge in [-0.15, -0.1) is 0 Å². The van der Waals surface area contributed by atoms with Gasteiger partial charge in [0.05, 0.1) is 11.4 Å². The van der Waals surface area contributed by atoms with Crippen molar-refractivity contribution in [3.05, 3.63) is 54.4 Å². The van der Waals surface area contributed by atoms with Gasteiger partial charge in [-0.2, -0.15) is 10.1 Å². The second-order valence-corrected chi connectivity index (χ2v) is 5.06. The first-order valence-electron chi connectivity index (χ1n) is 6.78. The molecule has 0 spiro atoms. The van der Waals surface area contributed by atoms with Gasteiger partial charge < -0.3 is 4.90 Å². The first kappa shape index (κ1) is 13.3. The van der Waals surface area contributed by atoms with Gasteiger partial charge in [-0.05, 0) is 13.0 Å². The Morgan fingerprint density at radius 2 is 1.81 bits per heavy atom. The van der Waals surface area contributed by atoms with E-state index in [-0.39, 0.29) is 0 Å². The van der Waals surface area contributed by atoms with Crippen molar-refractivity contribution in [3.8, 4) is 17.1 Å². The van der Waals surface area contributed by atoms with Crippen molar-refractivity contribution in [2.24, 2.45) is 0 Å². The van der Waals surface area contributed by atoms with Crippen molar-refractivity contribution in [1.29, 1.82) is 0 Å². The van der Waals surface area contributed by atoms with Crippen LogP contribution in [0.1, 0.15) is 5.69 Å². The number of hydrogen-bond acceptors (Lipinski definition) is 4. The summed E-state index contributed by atoms with van der Waals surface area (Å²) in [6.45, 7) is 1.98. The molecular weight excluding hydrogens is 262 g/mol. The van der Waals surface area contributed by atoms with Crippen molar-refractivity contribution in [2.75, 3.05) is 19.0 Å². The molecule has 0 bridgehead atoms. The fourth-order valence-corrected chi connectivity index (χ4v) is 2.16. The van der Waals surface area contributed by atoms with Gasteiger partial charge in [-0.3, -0.25) is 0 Å². The largest absolute Gasteiger partial charge is 0.347 e. The molecule has 1 aromatic carbocycles. The molecule has 0 aliphatic rings. The van der Waals surface area contributed by atoms with E-state index in [1.165, 1.54) is 0 Å². The highest BCUT2D eigenvalue weighted by Crippen LogP contribution is 2.23. The number of anilines is 1. The van der Waals surface area contributed by atoms with E-state index in [1.54, 1.807) is 6.20 Å². The monoisotopic (exact) mass is 279 g/mol. The normalized spacial score (nSPS) is 10.6. The standard InChI is InChI=1S/C16H17N5/c1-12-11-14(13-7-5-4-6-8-13)21(19-12)15-9-10-17-16(18-15)20(2)3/h4-11H,1-3H3. The molecule has 0 N–H and O–H groups in total. The SMILES string of the molecule is Cc1cc(-c2ccccc2)n(-c2ccnc(N(C)C)n2)n1. The molecule has 0 fully saturated rings. The first-order valence-corrected chi connectivity index (χ1v) is 6.78. The van der Waals surface area contributed by atoms with Gasteiger partial charge in [0.15, 0.2) is 5.82 Å². The van der Waals surface area contributed by atoms with Gasteiger partial charge in [0.25, 0.3) is 0 Å². The van der Waals surface area contributed by atoms with E-state index < -0.39 is 0 Å². The van der Waals surface area contributed by atoms with Crippen molar-refractivity contribution < 1.29 is 0 Å². The number of nitrogens with zero attached hydrogens (tertiary/aromatic N) is 5. The van der Waals surface area contributed by atoms with Crippen molar-refractivity contribution in [3.63, 3.8) is 0 Å². The second kappa shape index (κ2) is 5.36. The van der Waals surface area contributed by atoms with Crippen molar-refractivity contribution in [1.82, 2.24) is 19.7 Å². The summed E-state index contributed by atoms with van der Waals surface area (Å²) in [5.41, 5.74) is 3.10. The topological polar surface area (TPSA) is 46.8 Å². The molecule has 3 aromatic rings. The molecule has 2 aromatic heterocycles. The Hall–Kier alpha value is -2.69. The molecule has 0 aliphatic carbocycles. The molecule has 0 saturated carbocycles. The minimum atomic E-state index is 0.666. The van der Waals surface area contributed by atoms with E-state index in [2.05, 4.69) is 33.3 Å². The fraction of sp³-hybridized carbons (Fsp3) is 0.188. The predicted octanol–water partition coefficient (Wildman–Crippen LogP) is 2.70. The smallest absolute Gasteiger partial charge is 0.226 e. The summed E-state index contributed by atoms with van der Waals surface area (Å²) >= 11 is 0. The molecule has 5 heteroatoms. The summed E-state index contributed by atoms with van der Waals surface area (Å²) in [5, 5.41) is 4.57. The highest BCUT2D eigenvalue weighted by molar-refractivity contribution is 5.62. The lowest BCUT2D eigenvalue weighted by atomic mass is 10.1. The predicted molar refractivity (Wildman–Crippen MR) is 83.7 cm³/mol. The Balaban J connectivity index is 2.13. The lowest BCUT2D eigenvalue weighted by Crippen LogP contribution is -2.14. The molecule has 106 valence electrons. The number of rotatable bonds is 3. The van der Waals surface area contributed by atoms with Crippen LogP contribution < -0.4 is 4.90 Å². The van der Waals surface area contributed by atoms with Crippen LogP contribution in [0.15, 0.2) is 48.7 Å². The third-order valence-electron chi connectivity index (χ3n) is 3.15. The Labute approximate surface area is 123 Å². The molecule has 0 saturated heterocycles. The van der Waals surface area contributed by atoms with Crippen LogP contribution in [0.2, 0.25) is 0 Å². The van der Waals surface area contributed by atoms with Crippen molar-refractivity contribution >= 4 is 5.95 Å². The molecule has 0 atom stereocenters. The third-order valence-corrected chi connectivity index (χ3v) is 3.15. The van der Waals surface area contributed by atoms with E-state index in [4.69, 9.17) is 0 Å². The Bertz CT molecular complexity index is 746. The average molecular weight is 279 g/mol. The van der Waals surface area contributed by atoms with Gasteiger partial charge in [-0.25, -0.2) is 9.67 Å². The average Bonchev–Trinajstić information content (AvgIpc) is 2.90. The van der Waals surface area contributed by atoms with E-state index in [0.717, 1.165) is 22.8 Å². The van der Waals surface area contributed by atoms with Crippen LogP contribution in [0.4, 0.5) is 5.95 Å². The number of hydrogen-bond donors (Lipinski definition) is 0. The lowest BCUT2D eigenvalue weighted by molar-refractivity contribution is 0.825. The third kappa shape index (κ3) is 2.63. The molecule has 0 amide bonds. The minimum Gasteiger partial charge on any atom is -0.347 e. The summed E-state index contributed by atoms with van der Waals surface area (Å²) < 4.78 is 1.86. The minimum absolute atomic E-state index is 0.666. The van der Waals surface area contributed by atoms with Crippen LogP contribution in [-0.4, -0.2) is 33.8 Å². The van der Waals surface area contributed by atoms with E-state index >= 15 is 0 Å². The fourth-order valence-electron chi connectivity index (χ4n) is 2.16. The van der Waals surface area contributed by atoms with Crippen LogP contribution in [0, 0.1) is 6.92 Å². The Morgan fingerprint density at radius 3 is 2.52 bits per heavy atom. The molecule has 0 unspecified atom stereocenters. The van der Waals surface area contributed by atoms with Gasteiger partial charge in [0, 0.05) is 31.9 Å². The number of aryl methyl sites for hydroxylation is 1. The Morgan fingerprint density at radius 1 is 1.05 bits per heavy atom. The zero-order chi connectivity index (χ0) is 14.8. The quantitative estimate of drug-likeness (QED) is 0.739. The summed E-state index contributed by atoms with van der Waals surface area (Å²) in [6.07, 6.45) is 1.75. The summed E-state index contributed by atoms with van der Waals surface area (Å²) in [4.78, 5) is 10.7. The zero-order valence-corrected chi connectivity index (χ0v) is 12.4. The Kier molecular flexibility index (Phi) is 3.39. The molecule has 2 heterocycles. The van der Waals surface area contributed by atoms with E-state index in [1.807, 2.05) is 54.9 Å². The summed E-state index contributed by atoms with van der Waals surface area (Å²) in [7, 11) is 3.84. The van der Waals surface area contributed by atoms with Crippen LogP contribution in [0.3, 0.4) is 0 Å². The maximum Gasteiger partial charge on any atom is 0.226 e. The van der Waals surface area contributed by atoms with E-state index in [0.29, 0.717) is 5.95 Å². The summed E-state index contributed by atoms with van der Waals surface area (Å²) in [6, 6.07) is 14.1. The molecule has 21 heavy (non-hydrogen) atoms. The van der Waals surface area contributed by atoms with Gasteiger partial charge >= 0.3 is 0 Å². The second-order valence-electron chi connectivity index (χ2n) is 5.06. The number of aromatic nitrogens is 4. The van der Waals surface area contributed by atoms with Crippen molar-refractivity contribution in [2.45, 2.75) is 6.92 Å². The molecule has 5 nitrogen and oxygen atoms in total. The highest BCUT2D eigenvalue weighted by atomic mass is 15.3. The highest BCUT2D eigenvalue weighted by Gasteiger charge is 2.11. The molecular formula is C16H17N5.